The van der Waals surface area contributed by atoms with Crippen LogP contribution < -0.4 is 0 Å². The molecule has 2 rings (SSSR count). The van der Waals surface area contributed by atoms with Crippen molar-refractivity contribution in [3.05, 3.63) is 30.1 Å². The summed E-state index contributed by atoms with van der Waals surface area (Å²) in [5, 5.41) is 9.10. The van der Waals surface area contributed by atoms with Crippen LogP contribution in [0.3, 0.4) is 0 Å². The van der Waals surface area contributed by atoms with E-state index < -0.39 is 5.92 Å². The second-order valence-corrected chi connectivity index (χ2v) is 4.28. The quantitative estimate of drug-likeness (QED) is 0.787. The van der Waals surface area contributed by atoms with E-state index >= 15 is 0 Å². The van der Waals surface area contributed by atoms with E-state index in [4.69, 9.17) is 5.26 Å². The number of pyridine rings is 1. The van der Waals surface area contributed by atoms with Gasteiger partial charge in [0.15, 0.2) is 0 Å². The van der Waals surface area contributed by atoms with Crippen molar-refractivity contribution in [1.82, 2.24) is 9.88 Å². The van der Waals surface area contributed by atoms with Gasteiger partial charge in [-0.05, 0) is 30.9 Å². The molecular weight excluding hydrogens is 214 g/mol. The summed E-state index contributed by atoms with van der Waals surface area (Å²) in [4.78, 5) is 17.9. The summed E-state index contributed by atoms with van der Waals surface area (Å²) in [5.74, 6) is -0.605. The Labute approximate surface area is 101 Å². The predicted octanol–water partition coefficient (Wildman–Crippen LogP) is 1.39. The number of hydrogen-bond donors (Lipinski definition) is 0. The van der Waals surface area contributed by atoms with Gasteiger partial charge in [-0.3, -0.25) is 9.78 Å². The van der Waals surface area contributed by atoms with Gasteiger partial charge in [-0.25, -0.2) is 0 Å². The smallest absolute Gasteiger partial charge is 0.240 e. The zero-order valence-electron chi connectivity index (χ0n) is 9.67. The standard InChI is InChI=1S/C13H15N3O/c14-9-12(8-11-4-3-5-15-10-11)13(17)16-6-1-2-7-16/h3-5,10,12H,1-2,6-8H2. The molecule has 0 aromatic carbocycles. The Morgan fingerprint density at radius 2 is 2.29 bits per heavy atom. The van der Waals surface area contributed by atoms with Gasteiger partial charge in [0, 0.05) is 25.5 Å². The molecule has 1 aromatic rings. The molecule has 0 spiro atoms. The minimum atomic E-state index is -0.572. The van der Waals surface area contributed by atoms with Crippen molar-refractivity contribution in [2.75, 3.05) is 13.1 Å². The Bertz CT molecular complexity index is 418. The van der Waals surface area contributed by atoms with Crippen LogP contribution in [-0.4, -0.2) is 28.9 Å². The van der Waals surface area contributed by atoms with Gasteiger partial charge < -0.3 is 4.90 Å². The van der Waals surface area contributed by atoms with Crippen LogP contribution in [0.15, 0.2) is 24.5 Å². The number of nitriles is 1. The largest absolute Gasteiger partial charge is 0.342 e. The summed E-state index contributed by atoms with van der Waals surface area (Å²) in [7, 11) is 0. The molecule has 0 bridgehead atoms. The number of hydrogen-bond acceptors (Lipinski definition) is 3. The van der Waals surface area contributed by atoms with Gasteiger partial charge in [-0.1, -0.05) is 6.07 Å². The Morgan fingerprint density at radius 3 is 2.88 bits per heavy atom. The van der Waals surface area contributed by atoms with Crippen LogP contribution in [-0.2, 0) is 11.2 Å². The first-order chi connectivity index (χ1) is 8.31. The topological polar surface area (TPSA) is 57.0 Å². The van der Waals surface area contributed by atoms with Gasteiger partial charge in [-0.15, -0.1) is 0 Å². The Balaban J connectivity index is 2.02. The fourth-order valence-corrected chi connectivity index (χ4v) is 2.10. The zero-order valence-corrected chi connectivity index (χ0v) is 9.67. The molecule has 1 unspecified atom stereocenters. The summed E-state index contributed by atoms with van der Waals surface area (Å²) in [6, 6.07) is 5.83. The van der Waals surface area contributed by atoms with Crippen molar-refractivity contribution in [2.45, 2.75) is 19.3 Å². The van der Waals surface area contributed by atoms with Gasteiger partial charge in [0.2, 0.25) is 5.91 Å². The fraction of sp³-hybridized carbons (Fsp3) is 0.462. The number of nitrogens with zero attached hydrogens (tertiary/aromatic N) is 3. The van der Waals surface area contributed by atoms with Gasteiger partial charge in [0.05, 0.1) is 6.07 Å². The average molecular weight is 229 g/mol. The molecule has 1 fully saturated rings. The second kappa shape index (κ2) is 5.44. The molecule has 1 amide bonds. The summed E-state index contributed by atoms with van der Waals surface area (Å²) < 4.78 is 0. The van der Waals surface area contributed by atoms with Crippen LogP contribution >= 0.6 is 0 Å². The van der Waals surface area contributed by atoms with E-state index in [1.807, 2.05) is 12.1 Å². The predicted molar refractivity (Wildman–Crippen MR) is 62.9 cm³/mol. The Kier molecular flexibility index (Phi) is 3.71. The number of carbonyl (C=O) groups is 1. The maximum Gasteiger partial charge on any atom is 0.240 e. The average Bonchev–Trinajstić information content (AvgIpc) is 2.90. The summed E-state index contributed by atoms with van der Waals surface area (Å²) in [6.45, 7) is 1.59. The van der Waals surface area contributed by atoms with Crippen molar-refractivity contribution < 1.29 is 4.79 Å². The van der Waals surface area contributed by atoms with Crippen LogP contribution in [0.4, 0.5) is 0 Å². The molecule has 17 heavy (non-hydrogen) atoms. The van der Waals surface area contributed by atoms with Gasteiger partial charge in [-0.2, -0.15) is 5.26 Å². The van der Waals surface area contributed by atoms with Crippen molar-refractivity contribution in [2.24, 2.45) is 5.92 Å². The lowest BCUT2D eigenvalue weighted by Gasteiger charge is -2.18. The number of rotatable bonds is 3. The molecule has 0 N–H and O–H groups in total. The van der Waals surface area contributed by atoms with Crippen LogP contribution in [0.1, 0.15) is 18.4 Å². The first-order valence-corrected chi connectivity index (χ1v) is 5.88. The van der Waals surface area contributed by atoms with Crippen LogP contribution in [0.25, 0.3) is 0 Å². The minimum Gasteiger partial charge on any atom is -0.342 e. The first-order valence-electron chi connectivity index (χ1n) is 5.88. The monoisotopic (exact) mass is 229 g/mol. The lowest BCUT2D eigenvalue weighted by molar-refractivity contribution is -0.132. The van der Waals surface area contributed by atoms with Gasteiger partial charge >= 0.3 is 0 Å². The number of carbonyl (C=O) groups excluding carboxylic acids is 1. The normalized spacial score (nSPS) is 16.5. The molecule has 1 saturated heterocycles. The van der Waals surface area contributed by atoms with Crippen LogP contribution in [0, 0.1) is 17.2 Å². The van der Waals surface area contributed by atoms with Crippen molar-refractivity contribution >= 4 is 5.91 Å². The Morgan fingerprint density at radius 1 is 1.53 bits per heavy atom. The highest BCUT2D eigenvalue weighted by molar-refractivity contribution is 5.81. The highest BCUT2D eigenvalue weighted by Gasteiger charge is 2.26. The first kappa shape index (κ1) is 11.6. The highest BCUT2D eigenvalue weighted by atomic mass is 16.2. The van der Waals surface area contributed by atoms with E-state index in [9.17, 15) is 4.79 Å². The molecule has 0 radical (unpaired) electrons. The Hall–Kier alpha value is -1.89. The molecule has 0 saturated carbocycles. The summed E-state index contributed by atoms with van der Waals surface area (Å²) in [6.07, 6.45) is 5.96. The lowest BCUT2D eigenvalue weighted by atomic mass is 10.0. The molecule has 4 nitrogen and oxygen atoms in total. The van der Waals surface area contributed by atoms with Crippen molar-refractivity contribution in [3.8, 4) is 6.07 Å². The lowest BCUT2D eigenvalue weighted by Crippen LogP contribution is -2.34. The van der Waals surface area contributed by atoms with Crippen LogP contribution in [0.5, 0.6) is 0 Å². The molecule has 1 atom stereocenters. The van der Waals surface area contributed by atoms with Crippen molar-refractivity contribution in [1.29, 1.82) is 5.26 Å². The van der Waals surface area contributed by atoms with Crippen LogP contribution in [0.2, 0.25) is 0 Å². The number of amides is 1. The van der Waals surface area contributed by atoms with E-state index in [2.05, 4.69) is 11.1 Å². The third-order valence-electron chi connectivity index (χ3n) is 3.03. The molecule has 4 heteroatoms. The fourth-order valence-electron chi connectivity index (χ4n) is 2.10. The van der Waals surface area contributed by atoms with Gasteiger partial charge in [0.25, 0.3) is 0 Å². The SMILES string of the molecule is N#CC(Cc1cccnc1)C(=O)N1CCCC1. The van der Waals surface area contributed by atoms with Gasteiger partial charge in [0.1, 0.15) is 5.92 Å². The van der Waals surface area contributed by atoms with E-state index in [0.29, 0.717) is 6.42 Å². The summed E-state index contributed by atoms with van der Waals surface area (Å²) in [5.41, 5.74) is 0.937. The van der Waals surface area contributed by atoms with Crippen molar-refractivity contribution in [3.63, 3.8) is 0 Å². The number of likely N-dealkylation sites (tertiary alicyclic amines) is 1. The third-order valence-corrected chi connectivity index (χ3v) is 3.03. The maximum atomic E-state index is 12.1. The zero-order chi connectivity index (χ0) is 12.1. The molecule has 2 heterocycles. The molecule has 88 valence electrons. The molecular formula is C13H15N3O. The highest BCUT2D eigenvalue weighted by Crippen LogP contribution is 2.15. The third kappa shape index (κ3) is 2.82. The second-order valence-electron chi connectivity index (χ2n) is 4.28. The summed E-state index contributed by atoms with van der Waals surface area (Å²) >= 11 is 0. The van der Waals surface area contributed by atoms with E-state index in [1.54, 1.807) is 17.3 Å². The van der Waals surface area contributed by atoms with E-state index in [0.717, 1.165) is 31.5 Å². The molecule has 1 aliphatic rings. The molecule has 1 aliphatic heterocycles. The molecule has 0 aliphatic carbocycles. The van der Waals surface area contributed by atoms with E-state index in [1.165, 1.54) is 0 Å². The minimum absolute atomic E-state index is 0.0335. The number of aromatic nitrogens is 1. The molecule has 1 aromatic heterocycles. The maximum absolute atomic E-state index is 12.1. The van der Waals surface area contributed by atoms with E-state index in [-0.39, 0.29) is 5.91 Å².